The van der Waals surface area contributed by atoms with Gasteiger partial charge in [0.2, 0.25) is 29.5 Å². The number of rotatable bonds is 12. The van der Waals surface area contributed by atoms with Crippen LogP contribution in [0.5, 0.6) is 0 Å². The van der Waals surface area contributed by atoms with Crippen LogP contribution in [0.3, 0.4) is 0 Å². The van der Waals surface area contributed by atoms with E-state index in [4.69, 9.17) is 19.3 Å². The highest BCUT2D eigenvalue weighted by Crippen LogP contribution is 2.21. The molecule has 0 aromatic heterocycles. The number of aliphatic carboxylic acids is 1. The van der Waals surface area contributed by atoms with E-state index in [1.165, 1.54) is 18.9 Å². The molecule has 9 N–H and O–H groups in total. The van der Waals surface area contributed by atoms with E-state index < -0.39 is 66.5 Å². The van der Waals surface area contributed by atoms with Crippen LogP contribution in [0.15, 0.2) is 4.99 Å². The minimum atomic E-state index is -1.52. The van der Waals surface area contributed by atoms with Crippen molar-refractivity contribution in [2.45, 2.75) is 50.1 Å². The maximum atomic E-state index is 13.0. The van der Waals surface area contributed by atoms with Gasteiger partial charge < -0.3 is 42.7 Å². The van der Waals surface area contributed by atoms with Gasteiger partial charge in [-0.3, -0.25) is 29.0 Å². The fourth-order valence-corrected chi connectivity index (χ4v) is 3.28. The van der Waals surface area contributed by atoms with Crippen molar-refractivity contribution in [3.63, 3.8) is 0 Å². The highest BCUT2D eigenvalue weighted by atomic mass is 16.4. The Morgan fingerprint density at radius 1 is 1.14 bits per heavy atom. The van der Waals surface area contributed by atoms with E-state index in [0.29, 0.717) is 6.42 Å². The van der Waals surface area contributed by atoms with Gasteiger partial charge in [0.15, 0.2) is 5.96 Å². The number of carbonyl (C=O) groups excluding carboxylic acids is 5. The monoisotopic (exact) mass is 494 g/mol. The molecule has 1 aliphatic heterocycles. The highest BCUT2D eigenvalue weighted by molar-refractivity contribution is 6.24. The zero-order valence-corrected chi connectivity index (χ0v) is 19.6. The lowest BCUT2D eigenvalue weighted by molar-refractivity contribution is -0.143. The van der Waals surface area contributed by atoms with Crippen LogP contribution < -0.4 is 32.7 Å². The number of amides is 5. The summed E-state index contributed by atoms with van der Waals surface area (Å²) in [5.41, 5.74) is 10.4. The highest BCUT2D eigenvalue weighted by Gasteiger charge is 2.38. The Morgan fingerprint density at radius 3 is 2.34 bits per heavy atom. The van der Waals surface area contributed by atoms with Crippen molar-refractivity contribution in [3.8, 4) is 0 Å². The van der Waals surface area contributed by atoms with Crippen LogP contribution in [0.2, 0.25) is 5.82 Å². The zero-order chi connectivity index (χ0) is 26.7. The van der Waals surface area contributed by atoms with Crippen LogP contribution in [-0.2, 0) is 28.8 Å². The summed E-state index contributed by atoms with van der Waals surface area (Å²) < 4.78 is 0. The number of carboxylic acids is 1. The fraction of sp³-hybridized carbons (Fsp3) is 0.632. The molecule has 4 unspecified atom stereocenters. The largest absolute Gasteiger partial charge is 0.480 e. The Bertz CT molecular complexity index is 864. The zero-order valence-electron chi connectivity index (χ0n) is 19.6. The van der Waals surface area contributed by atoms with Gasteiger partial charge in [0.05, 0.1) is 20.8 Å². The van der Waals surface area contributed by atoms with Crippen LogP contribution >= 0.6 is 0 Å². The molecule has 2 radical (unpaired) electrons. The summed E-state index contributed by atoms with van der Waals surface area (Å²) in [4.78, 5) is 77.7. The summed E-state index contributed by atoms with van der Waals surface area (Å²) in [6.07, 6.45) is 0.273. The van der Waals surface area contributed by atoms with Crippen molar-refractivity contribution in [2.24, 2.45) is 16.5 Å². The summed E-state index contributed by atoms with van der Waals surface area (Å²) in [5, 5.41) is 18.7. The van der Waals surface area contributed by atoms with Crippen LogP contribution in [0.1, 0.15) is 26.2 Å². The molecule has 1 fully saturated rings. The maximum absolute atomic E-state index is 13.0. The SMILES string of the molecule is [B]C(CNC(C)=O)C(=O)N1CCCC1C(=O)NC(CC(=O)NC)C(=O)NC(CN=C(N)N)C(=O)O. The first kappa shape index (κ1) is 29.2. The number of nitrogens with two attached hydrogens (primary N) is 2. The van der Waals surface area contributed by atoms with E-state index in [2.05, 4.69) is 26.3 Å². The van der Waals surface area contributed by atoms with Crippen molar-refractivity contribution in [3.05, 3.63) is 0 Å². The van der Waals surface area contributed by atoms with Crippen molar-refractivity contribution in [1.29, 1.82) is 0 Å². The van der Waals surface area contributed by atoms with Gasteiger partial charge in [-0.15, -0.1) is 0 Å². The minimum absolute atomic E-state index is 0.118. The van der Waals surface area contributed by atoms with Crippen molar-refractivity contribution >= 4 is 49.3 Å². The number of nitrogens with one attached hydrogen (secondary N) is 4. The Balaban J connectivity index is 2.97. The van der Waals surface area contributed by atoms with Crippen molar-refractivity contribution < 1.29 is 33.9 Å². The van der Waals surface area contributed by atoms with Gasteiger partial charge >= 0.3 is 5.97 Å². The van der Waals surface area contributed by atoms with E-state index in [9.17, 15) is 33.9 Å². The molecule has 0 saturated carbocycles. The second-order valence-electron chi connectivity index (χ2n) is 7.84. The molecule has 0 aliphatic carbocycles. The van der Waals surface area contributed by atoms with Gasteiger partial charge in [0.25, 0.3) is 0 Å². The number of hydrogen-bond acceptors (Lipinski definition) is 7. The molecule has 1 aliphatic rings. The maximum Gasteiger partial charge on any atom is 0.328 e. The van der Waals surface area contributed by atoms with Gasteiger partial charge in [0, 0.05) is 32.9 Å². The Hall–Kier alpha value is -3.85. The first-order valence-electron chi connectivity index (χ1n) is 10.8. The number of carboxylic acid groups (broad SMARTS) is 1. The minimum Gasteiger partial charge on any atom is -0.480 e. The molecular formula is C19H31BN8O7. The molecule has 0 spiro atoms. The topological polar surface area (TPSA) is 238 Å². The van der Waals surface area contributed by atoms with Gasteiger partial charge in [-0.25, -0.2) is 4.79 Å². The standard InChI is InChI=1S/C19H31BN8O7/c1-9(29)24-7-10(20)17(33)28-5-3-4-13(28)16(32)26-11(6-14(30)23-2)15(31)27-12(18(34)35)8-25-19(21)22/h10-13H,3-8H2,1-2H3,(H,23,30)(H,24,29)(H,26,32)(H,27,31)(H,34,35)(H4,21,22,25). The molecule has 16 heteroatoms. The number of likely N-dealkylation sites (tertiary alicyclic amines) is 1. The second-order valence-corrected chi connectivity index (χ2v) is 7.84. The molecule has 1 saturated heterocycles. The molecule has 5 amide bonds. The second kappa shape index (κ2) is 13.8. The third kappa shape index (κ3) is 9.50. The molecule has 1 heterocycles. The first-order chi connectivity index (χ1) is 16.4. The molecule has 4 atom stereocenters. The normalized spacial score (nSPS) is 17.3. The van der Waals surface area contributed by atoms with E-state index in [0.717, 1.165) is 0 Å². The van der Waals surface area contributed by atoms with Gasteiger partial charge in [-0.05, 0) is 12.8 Å². The van der Waals surface area contributed by atoms with Crippen molar-refractivity contribution in [1.82, 2.24) is 26.2 Å². The number of aliphatic imine (C=N–C) groups is 1. The summed E-state index contributed by atoms with van der Waals surface area (Å²) in [7, 11) is 7.16. The molecular weight excluding hydrogens is 463 g/mol. The van der Waals surface area contributed by atoms with E-state index in [-0.39, 0.29) is 31.4 Å². The fourth-order valence-electron chi connectivity index (χ4n) is 3.28. The lowest BCUT2D eigenvalue weighted by Crippen LogP contribution is -2.57. The number of hydrogen-bond donors (Lipinski definition) is 7. The van der Waals surface area contributed by atoms with Crippen LogP contribution in [0, 0.1) is 0 Å². The summed E-state index contributed by atoms with van der Waals surface area (Å²) in [6.45, 7) is 0.915. The van der Waals surface area contributed by atoms with E-state index in [1.807, 2.05) is 0 Å². The molecule has 15 nitrogen and oxygen atoms in total. The van der Waals surface area contributed by atoms with E-state index >= 15 is 0 Å². The Labute approximate surface area is 203 Å². The number of guanidine groups is 1. The predicted molar refractivity (Wildman–Crippen MR) is 124 cm³/mol. The third-order valence-electron chi connectivity index (χ3n) is 5.10. The van der Waals surface area contributed by atoms with Gasteiger partial charge in [0.1, 0.15) is 18.1 Å². The molecule has 1 rings (SSSR count). The smallest absolute Gasteiger partial charge is 0.328 e. The molecule has 0 bridgehead atoms. The van der Waals surface area contributed by atoms with Crippen LogP contribution in [0.25, 0.3) is 0 Å². The van der Waals surface area contributed by atoms with E-state index in [1.54, 1.807) is 0 Å². The Morgan fingerprint density at radius 2 is 1.80 bits per heavy atom. The van der Waals surface area contributed by atoms with Crippen molar-refractivity contribution in [2.75, 3.05) is 26.7 Å². The lowest BCUT2D eigenvalue weighted by Gasteiger charge is -2.28. The predicted octanol–water partition coefficient (Wildman–Crippen LogP) is -4.47. The summed E-state index contributed by atoms with van der Waals surface area (Å²) >= 11 is 0. The molecule has 0 aromatic rings. The van der Waals surface area contributed by atoms with Crippen LogP contribution in [0.4, 0.5) is 0 Å². The molecule has 0 aromatic carbocycles. The number of carbonyl (C=O) groups is 6. The summed E-state index contributed by atoms with van der Waals surface area (Å²) in [5.74, 6) is -6.11. The molecule has 35 heavy (non-hydrogen) atoms. The van der Waals surface area contributed by atoms with Crippen LogP contribution in [-0.4, -0.2) is 104 Å². The first-order valence-corrected chi connectivity index (χ1v) is 10.8. The lowest BCUT2D eigenvalue weighted by atomic mass is 9.85. The number of nitrogens with zero attached hydrogens (tertiary/aromatic N) is 2. The average molecular weight is 494 g/mol. The van der Waals surface area contributed by atoms with Gasteiger partial charge in [-0.1, -0.05) is 0 Å². The third-order valence-corrected chi connectivity index (χ3v) is 5.10. The summed E-state index contributed by atoms with van der Waals surface area (Å²) in [6, 6.07) is -3.94. The average Bonchev–Trinajstić information content (AvgIpc) is 3.28. The van der Waals surface area contributed by atoms with Gasteiger partial charge in [-0.2, -0.15) is 0 Å². The Kier molecular flexibility index (Phi) is 11.5. The molecule has 192 valence electrons. The quantitative estimate of drug-likeness (QED) is 0.0785.